The zero-order chi connectivity index (χ0) is 11.6. The molecule has 2 atom stereocenters. The Labute approximate surface area is 87.1 Å². The highest BCUT2D eigenvalue weighted by Crippen LogP contribution is 2.30. The Morgan fingerprint density at radius 1 is 1.47 bits per heavy atom. The maximum absolute atomic E-state index is 13.2. The van der Waals surface area contributed by atoms with Gasteiger partial charge < -0.3 is 20.7 Å². The number of ether oxygens (including phenoxy) is 1. The summed E-state index contributed by atoms with van der Waals surface area (Å²) in [7, 11) is 1.28. The van der Waals surface area contributed by atoms with Crippen LogP contribution in [0.15, 0.2) is 12.1 Å². The number of benzene rings is 1. The van der Waals surface area contributed by atoms with E-state index in [4.69, 9.17) is 10.5 Å². The number of hydrogen-bond donors (Lipinski definition) is 3. The van der Waals surface area contributed by atoms with E-state index in [0.29, 0.717) is 5.56 Å². The molecule has 0 saturated heterocycles. The number of hydrogen-bond acceptors (Lipinski definition) is 4. The number of methoxy groups -OCH3 is 1. The lowest BCUT2D eigenvalue weighted by Gasteiger charge is -2.16. The van der Waals surface area contributed by atoms with Crippen LogP contribution >= 0.6 is 0 Å². The van der Waals surface area contributed by atoms with Crippen molar-refractivity contribution in [2.75, 3.05) is 7.11 Å². The molecule has 84 valence electrons. The van der Waals surface area contributed by atoms with Crippen LogP contribution in [0.3, 0.4) is 0 Å². The van der Waals surface area contributed by atoms with E-state index >= 15 is 0 Å². The third-order valence-corrected chi connectivity index (χ3v) is 2.10. The Morgan fingerprint density at radius 2 is 2.07 bits per heavy atom. The fraction of sp³-hybridized carbons (Fsp3) is 0.400. The molecule has 0 spiro atoms. The molecule has 0 aliphatic rings. The molecule has 4 nitrogen and oxygen atoms in total. The molecule has 0 aliphatic carbocycles. The van der Waals surface area contributed by atoms with Gasteiger partial charge in [-0.25, -0.2) is 0 Å². The van der Waals surface area contributed by atoms with Crippen LogP contribution < -0.4 is 10.5 Å². The summed E-state index contributed by atoms with van der Waals surface area (Å²) >= 11 is 0. The summed E-state index contributed by atoms with van der Waals surface area (Å²) in [6.07, 6.45) is -0.967. The van der Waals surface area contributed by atoms with Gasteiger partial charge in [-0.15, -0.1) is 0 Å². The van der Waals surface area contributed by atoms with Gasteiger partial charge in [0.1, 0.15) is 0 Å². The van der Waals surface area contributed by atoms with Crippen LogP contribution in [-0.2, 0) is 0 Å². The monoisotopic (exact) mass is 215 g/mol. The minimum absolute atomic E-state index is 0.121. The maximum Gasteiger partial charge on any atom is 0.206 e. The molecule has 1 aromatic carbocycles. The molecule has 0 fully saturated rings. The number of phenolic OH excluding ortho intramolecular Hbond substituents is 1. The molecule has 0 amide bonds. The normalized spacial score (nSPS) is 14.7. The van der Waals surface area contributed by atoms with Crippen molar-refractivity contribution in [3.63, 3.8) is 0 Å². The van der Waals surface area contributed by atoms with Gasteiger partial charge in [0.05, 0.1) is 13.2 Å². The first kappa shape index (κ1) is 11.7. The molecule has 0 saturated carbocycles. The molecular weight excluding hydrogens is 201 g/mol. The first-order chi connectivity index (χ1) is 6.97. The molecule has 5 heteroatoms. The lowest BCUT2D eigenvalue weighted by atomic mass is 10.0. The van der Waals surface area contributed by atoms with Crippen LogP contribution in [0.4, 0.5) is 4.39 Å². The fourth-order valence-electron chi connectivity index (χ4n) is 1.23. The van der Waals surface area contributed by atoms with Crippen molar-refractivity contribution in [3.8, 4) is 11.5 Å². The summed E-state index contributed by atoms with van der Waals surface area (Å²) in [4.78, 5) is 0. The van der Waals surface area contributed by atoms with E-state index in [2.05, 4.69) is 0 Å². The smallest absolute Gasteiger partial charge is 0.206 e. The summed E-state index contributed by atoms with van der Waals surface area (Å²) in [5, 5.41) is 18.9. The molecule has 15 heavy (non-hydrogen) atoms. The molecular formula is C10H14FNO3. The van der Waals surface area contributed by atoms with Crippen molar-refractivity contribution >= 4 is 0 Å². The van der Waals surface area contributed by atoms with E-state index in [1.165, 1.54) is 13.2 Å². The second kappa shape index (κ2) is 4.46. The van der Waals surface area contributed by atoms with Gasteiger partial charge in [0.15, 0.2) is 11.5 Å². The lowest BCUT2D eigenvalue weighted by molar-refractivity contribution is 0.152. The number of aliphatic hydroxyl groups excluding tert-OH is 1. The lowest BCUT2D eigenvalue weighted by Crippen LogP contribution is -2.24. The van der Waals surface area contributed by atoms with Gasteiger partial charge in [0.25, 0.3) is 0 Å². The van der Waals surface area contributed by atoms with Gasteiger partial charge in [-0.1, -0.05) is 0 Å². The van der Waals surface area contributed by atoms with Gasteiger partial charge in [0, 0.05) is 6.04 Å². The van der Waals surface area contributed by atoms with Crippen molar-refractivity contribution in [2.24, 2.45) is 5.73 Å². The minimum atomic E-state index is -0.967. The van der Waals surface area contributed by atoms with Crippen LogP contribution in [-0.4, -0.2) is 23.4 Å². The minimum Gasteiger partial charge on any atom is -0.505 e. The van der Waals surface area contributed by atoms with Crippen LogP contribution in [0.1, 0.15) is 18.6 Å². The molecule has 0 heterocycles. The Balaban J connectivity index is 3.16. The van der Waals surface area contributed by atoms with Crippen molar-refractivity contribution in [3.05, 3.63) is 23.5 Å². The topological polar surface area (TPSA) is 75.7 Å². The number of aliphatic hydroxyl groups is 1. The predicted molar refractivity (Wildman–Crippen MR) is 53.2 cm³/mol. The average Bonchev–Trinajstić information content (AvgIpc) is 2.20. The second-order valence-electron chi connectivity index (χ2n) is 3.36. The van der Waals surface area contributed by atoms with Gasteiger partial charge in [0.2, 0.25) is 5.82 Å². The summed E-state index contributed by atoms with van der Waals surface area (Å²) in [6.45, 7) is 1.61. The van der Waals surface area contributed by atoms with Crippen molar-refractivity contribution in [2.45, 2.75) is 19.1 Å². The largest absolute Gasteiger partial charge is 0.505 e. The molecule has 2 unspecified atom stereocenters. The Bertz CT molecular complexity index is 355. The SMILES string of the molecule is COc1cc(C(O)C(C)N)cc(O)c1F. The maximum atomic E-state index is 13.2. The van der Waals surface area contributed by atoms with E-state index < -0.39 is 23.7 Å². The van der Waals surface area contributed by atoms with Crippen molar-refractivity contribution in [1.82, 2.24) is 0 Å². The number of halogens is 1. The number of phenols is 1. The van der Waals surface area contributed by atoms with E-state index in [9.17, 15) is 14.6 Å². The van der Waals surface area contributed by atoms with Crippen molar-refractivity contribution in [1.29, 1.82) is 0 Å². The predicted octanol–water partition coefficient (Wildman–Crippen LogP) is 0.920. The van der Waals surface area contributed by atoms with Crippen LogP contribution in [0.2, 0.25) is 0 Å². The summed E-state index contributed by atoms with van der Waals surface area (Å²) < 4.78 is 17.9. The van der Waals surface area contributed by atoms with Gasteiger partial charge in [-0.05, 0) is 24.6 Å². The summed E-state index contributed by atoms with van der Waals surface area (Å²) in [5.74, 6) is -1.54. The second-order valence-corrected chi connectivity index (χ2v) is 3.36. The van der Waals surface area contributed by atoms with Crippen molar-refractivity contribution < 1.29 is 19.3 Å². The first-order valence-electron chi connectivity index (χ1n) is 4.47. The van der Waals surface area contributed by atoms with E-state index in [0.717, 1.165) is 6.07 Å². The number of rotatable bonds is 3. The van der Waals surface area contributed by atoms with Crippen LogP contribution in [0, 0.1) is 5.82 Å². The Morgan fingerprint density at radius 3 is 2.53 bits per heavy atom. The molecule has 0 bridgehead atoms. The molecule has 1 aromatic rings. The summed E-state index contributed by atoms with van der Waals surface area (Å²) in [5.41, 5.74) is 5.80. The quantitative estimate of drug-likeness (QED) is 0.700. The highest BCUT2D eigenvalue weighted by molar-refractivity contribution is 5.40. The van der Waals surface area contributed by atoms with Gasteiger partial charge in [-0.2, -0.15) is 4.39 Å². The Kier molecular flexibility index (Phi) is 3.49. The third-order valence-electron chi connectivity index (χ3n) is 2.10. The van der Waals surface area contributed by atoms with E-state index in [-0.39, 0.29) is 5.75 Å². The van der Waals surface area contributed by atoms with E-state index in [1.807, 2.05) is 0 Å². The molecule has 1 rings (SSSR count). The molecule has 4 N–H and O–H groups in total. The van der Waals surface area contributed by atoms with Crippen LogP contribution in [0.25, 0.3) is 0 Å². The zero-order valence-corrected chi connectivity index (χ0v) is 8.57. The first-order valence-corrected chi connectivity index (χ1v) is 4.47. The van der Waals surface area contributed by atoms with Gasteiger partial charge in [-0.3, -0.25) is 0 Å². The number of aromatic hydroxyl groups is 1. The average molecular weight is 215 g/mol. The fourth-order valence-corrected chi connectivity index (χ4v) is 1.23. The third kappa shape index (κ3) is 2.37. The van der Waals surface area contributed by atoms with Gasteiger partial charge >= 0.3 is 0 Å². The number of nitrogens with two attached hydrogens (primary N) is 1. The summed E-state index contributed by atoms with van der Waals surface area (Å²) in [6, 6.07) is 1.93. The van der Waals surface area contributed by atoms with E-state index in [1.54, 1.807) is 6.92 Å². The van der Waals surface area contributed by atoms with Crippen LogP contribution in [0.5, 0.6) is 11.5 Å². The molecule has 0 aromatic heterocycles. The standard InChI is InChI=1S/C10H14FNO3/c1-5(12)10(14)6-3-7(13)9(11)8(4-6)15-2/h3-5,10,13-14H,12H2,1-2H3. The highest BCUT2D eigenvalue weighted by Gasteiger charge is 2.17. The highest BCUT2D eigenvalue weighted by atomic mass is 19.1. The molecule has 0 aliphatic heterocycles. The Hall–Kier alpha value is -1.33. The molecule has 0 radical (unpaired) electrons. The zero-order valence-electron chi connectivity index (χ0n) is 8.57.